The molecule has 1 aromatic heterocycles. The summed E-state index contributed by atoms with van der Waals surface area (Å²) in [6, 6.07) is 7.95. The van der Waals surface area contributed by atoms with E-state index in [1.807, 2.05) is 0 Å². The smallest absolute Gasteiger partial charge is 0.269 e. The number of nitrogens with zero attached hydrogens (tertiary/aromatic N) is 3. The summed E-state index contributed by atoms with van der Waals surface area (Å²) in [5, 5.41) is 13.5. The second-order valence-corrected chi connectivity index (χ2v) is 3.70. The molecule has 0 saturated carbocycles. The lowest BCUT2D eigenvalue weighted by Gasteiger charge is -2.05. The van der Waals surface area contributed by atoms with Crippen molar-refractivity contribution in [3.63, 3.8) is 0 Å². The monoisotopic (exact) mass is 260 g/mol. The fourth-order valence-corrected chi connectivity index (χ4v) is 1.46. The van der Waals surface area contributed by atoms with Crippen molar-refractivity contribution in [1.82, 2.24) is 9.97 Å². The molecule has 0 saturated heterocycles. The van der Waals surface area contributed by atoms with Gasteiger partial charge in [0, 0.05) is 30.9 Å². The molecule has 0 amide bonds. The van der Waals surface area contributed by atoms with Crippen molar-refractivity contribution in [2.24, 2.45) is 0 Å². The second kappa shape index (κ2) is 5.76. The largest absolute Gasteiger partial charge is 0.481 e. The van der Waals surface area contributed by atoms with Crippen LogP contribution in [0.1, 0.15) is 5.56 Å². The van der Waals surface area contributed by atoms with Crippen LogP contribution in [-0.4, -0.2) is 22.0 Å². The van der Waals surface area contributed by atoms with Crippen LogP contribution in [0.5, 0.6) is 5.88 Å². The van der Waals surface area contributed by atoms with Gasteiger partial charge >= 0.3 is 0 Å². The Morgan fingerprint density at radius 1 is 1.32 bits per heavy atom. The molecule has 0 atom stereocenters. The highest BCUT2D eigenvalue weighted by molar-refractivity contribution is 5.35. The van der Waals surface area contributed by atoms with Crippen LogP contribution < -0.4 is 10.1 Å². The molecule has 0 spiro atoms. The van der Waals surface area contributed by atoms with Gasteiger partial charge in [-0.15, -0.1) is 0 Å². The molecule has 2 rings (SSSR count). The number of benzene rings is 1. The lowest BCUT2D eigenvalue weighted by molar-refractivity contribution is -0.384. The Hall–Kier alpha value is -2.70. The van der Waals surface area contributed by atoms with E-state index in [4.69, 9.17) is 4.74 Å². The number of nitro groups is 1. The van der Waals surface area contributed by atoms with Crippen LogP contribution in [0.25, 0.3) is 0 Å². The quantitative estimate of drug-likeness (QED) is 0.653. The summed E-state index contributed by atoms with van der Waals surface area (Å²) in [7, 11) is 1.53. The van der Waals surface area contributed by atoms with Crippen LogP contribution in [0.2, 0.25) is 0 Å². The van der Waals surface area contributed by atoms with Crippen molar-refractivity contribution < 1.29 is 9.66 Å². The number of rotatable bonds is 5. The predicted molar refractivity (Wildman–Crippen MR) is 69.0 cm³/mol. The summed E-state index contributed by atoms with van der Waals surface area (Å²) < 4.78 is 4.98. The molecule has 0 fully saturated rings. The molecule has 0 unspecified atom stereocenters. The topological polar surface area (TPSA) is 90.2 Å². The standard InChI is InChI=1S/C12H12N4O3/c1-19-11-6-7-13-12(15-11)14-8-9-2-4-10(5-3-9)16(17)18/h2-7H,8H2,1H3,(H,13,14,15). The Kier molecular flexibility index (Phi) is 3.87. The van der Waals surface area contributed by atoms with E-state index in [2.05, 4.69) is 15.3 Å². The van der Waals surface area contributed by atoms with Gasteiger partial charge in [-0.25, -0.2) is 4.98 Å². The van der Waals surface area contributed by atoms with Gasteiger partial charge < -0.3 is 10.1 Å². The summed E-state index contributed by atoms with van der Waals surface area (Å²) in [6.07, 6.45) is 1.59. The third-order valence-electron chi connectivity index (χ3n) is 2.44. The molecule has 1 N–H and O–H groups in total. The molecule has 19 heavy (non-hydrogen) atoms. The molecule has 0 aliphatic rings. The number of ether oxygens (including phenoxy) is 1. The van der Waals surface area contributed by atoms with Gasteiger partial charge in [0.15, 0.2) is 0 Å². The number of non-ortho nitro benzene ring substituents is 1. The predicted octanol–water partition coefficient (Wildman–Crippen LogP) is 2.01. The van der Waals surface area contributed by atoms with Gasteiger partial charge in [0.25, 0.3) is 5.69 Å². The third-order valence-corrected chi connectivity index (χ3v) is 2.44. The van der Waals surface area contributed by atoms with Crippen LogP contribution in [0.15, 0.2) is 36.5 Å². The lowest BCUT2D eigenvalue weighted by atomic mass is 10.2. The summed E-state index contributed by atoms with van der Waals surface area (Å²) >= 11 is 0. The number of nitrogens with one attached hydrogen (secondary N) is 1. The van der Waals surface area contributed by atoms with Crippen LogP contribution in [-0.2, 0) is 6.54 Å². The van der Waals surface area contributed by atoms with Crippen molar-refractivity contribution in [2.45, 2.75) is 6.54 Å². The molecular formula is C12H12N4O3. The third kappa shape index (κ3) is 3.38. The van der Waals surface area contributed by atoms with Crippen molar-refractivity contribution in [1.29, 1.82) is 0 Å². The molecule has 0 aliphatic carbocycles. The summed E-state index contributed by atoms with van der Waals surface area (Å²) in [5.41, 5.74) is 0.971. The van der Waals surface area contributed by atoms with E-state index in [0.717, 1.165) is 5.56 Å². The Bertz CT molecular complexity index is 571. The van der Waals surface area contributed by atoms with E-state index >= 15 is 0 Å². The van der Waals surface area contributed by atoms with Crippen LogP contribution in [0.3, 0.4) is 0 Å². The molecule has 1 heterocycles. The molecule has 0 bridgehead atoms. The molecule has 0 radical (unpaired) electrons. The minimum Gasteiger partial charge on any atom is -0.481 e. The SMILES string of the molecule is COc1ccnc(NCc2ccc([N+](=O)[O-])cc2)n1. The molecule has 7 heteroatoms. The van der Waals surface area contributed by atoms with Crippen LogP contribution in [0.4, 0.5) is 11.6 Å². The van der Waals surface area contributed by atoms with Gasteiger partial charge in [-0.2, -0.15) is 4.98 Å². The highest BCUT2D eigenvalue weighted by atomic mass is 16.6. The normalized spacial score (nSPS) is 9.95. The average Bonchev–Trinajstić information content (AvgIpc) is 2.46. The van der Waals surface area contributed by atoms with Crippen molar-refractivity contribution in [2.75, 3.05) is 12.4 Å². The highest BCUT2D eigenvalue weighted by Gasteiger charge is 2.04. The lowest BCUT2D eigenvalue weighted by Crippen LogP contribution is -2.04. The summed E-state index contributed by atoms with van der Waals surface area (Å²) in [4.78, 5) is 18.2. The zero-order valence-electron chi connectivity index (χ0n) is 10.2. The van der Waals surface area contributed by atoms with E-state index in [-0.39, 0.29) is 5.69 Å². The minimum absolute atomic E-state index is 0.0707. The summed E-state index contributed by atoms with van der Waals surface area (Å²) in [6.45, 7) is 0.477. The van der Waals surface area contributed by atoms with Crippen molar-refractivity contribution in [3.8, 4) is 5.88 Å². The fourth-order valence-electron chi connectivity index (χ4n) is 1.46. The zero-order chi connectivity index (χ0) is 13.7. The molecule has 0 aliphatic heterocycles. The highest BCUT2D eigenvalue weighted by Crippen LogP contribution is 2.13. The average molecular weight is 260 g/mol. The Morgan fingerprint density at radius 3 is 2.68 bits per heavy atom. The van der Waals surface area contributed by atoms with Gasteiger partial charge in [0.1, 0.15) is 0 Å². The maximum Gasteiger partial charge on any atom is 0.269 e. The van der Waals surface area contributed by atoms with E-state index in [1.165, 1.54) is 19.2 Å². The van der Waals surface area contributed by atoms with Gasteiger partial charge in [-0.05, 0) is 5.56 Å². The van der Waals surface area contributed by atoms with E-state index < -0.39 is 4.92 Å². The van der Waals surface area contributed by atoms with Gasteiger partial charge in [-0.3, -0.25) is 10.1 Å². The first-order valence-corrected chi connectivity index (χ1v) is 5.53. The zero-order valence-corrected chi connectivity index (χ0v) is 10.2. The van der Waals surface area contributed by atoms with Crippen molar-refractivity contribution in [3.05, 3.63) is 52.2 Å². The molecule has 98 valence electrons. The van der Waals surface area contributed by atoms with Gasteiger partial charge in [-0.1, -0.05) is 12.1 Å². The number of methoxy groups -OCH3 is 1. The van der Waals surface area contributed by atoms with Crippen LogP contribution in [0, 0.1) is 10.1 Å². The Morgan fingerprint density at radius 2 is 2.05 bits per heavy atom. The molecular weight excluding hydrogens is 248 g/mol. The van der Waals surface area contributed by atoms with Crippen LogP contribution >= 0.6 is 0 Å². The number of anilines is 1. The summed E-state index contributed by atoms with van der Waals surface area (Å²) in [5.74, 6) is 0.916. The first-order valence-electron chi connectivity index (χ1n) is 5.53. The molecule has 2 aromatic rings. The van der Waals surface area contributed by atoms with E-state index in [9.17, 15) is 10.1 Å². The molecule has 7 nitrogen and oxygen atoms in total. The van der Waals surface area contributed by atoms with E-state index in [0.29, 0.717) is 18.4 Å². The first-order chi connectivity index (χ1) is 9.19. The second-order valence-electron chi connectivity index (χ2n) is 3.70. The first kappa shape index (κ1) is 12.7. The van der Waals surface area contributed by atoms with Gasteiger partial charge in [0.05, 0.1) is 12.0 Å². The number of aromatic nitrogens is 2. The number of nitro benzene ring substituents is 1. The molecule has 1 aromatic carbocycles. The number of hydrogen-bond acceptors (Lipinski definition) is 6. The Labute approximate surface area is 109 Å². The fraction of sp³-hybridized carbons (Fsp3) is 0.167. The number of hydrogen-bond donors (Lipinski definition) is 1. The minimum atomic E-state index is -0.428. The maximum atomic E-state index is 10.5. The Balaban J connectivity index is 1.99. The van der Waals surface area contributed by atoms with E-state index in [1.54, 1.807) is 24.4 Å². The van der Waals surface area contributed by atoms with Crippen molar-refractivity contribution >= 4 is 11.6 Å². The van der Waals surface area contributed by atoms with Gasteiger partial charge in [0.2, 0.25) is 11.8 Å². The maximum absolute atomic E-state index is 10.5.